The first kappa shape index (κ1) is 18.4. The number of hydrogen-bond donors (Lipinski definition) is 1. The van der Waals surface area contributed by atoms with Crippen LogP contribution in [0.2, 0.25) is 0 Å². The lowest BCUT2D eigenvalue weighted by Gasteiger charge is -2.25. The molecule has 2 heterocycles. The summed E-state index contributed by atoms with van der Waals surface area (Å²) in [6.45, 7) is 4.88. The minimum absolute atomic E-state index is 0.0234. The number of furan rings is 1. The van der Waals surface area contributed by atoms with E-state index in [1.165, 1.54) is 29.8 Å². The number of ether oxygens (including phenoxy) is 1. The molecule has 1 aliphatic heterocycles. The van der Waals surface area contributed by atoms with Crippen molar-refractivity contribution in [2.75, 3.05) is 12.4 Å². The summed E-state index contributed by atoms with van der Waals surface area (Å²) in [5.41, 5.74) is 0. The highest BCUT2D eigenvalue weighted by atomic mass is 32.2. The van der Waals surface area contributed by atoms with Gasteiger partial charge in [-0.1, -0.05) is 6.92 Å². The Bertz CT molecular complexity index is 589. The highest BCUT2D eigenvalue weighted by Crippen LogP contribution is 2.41. The van der Waals surface area contributed by atoms with E-state index in [4.69, 9.17) is 9.15 Å². The molecule has 1 aromatic heterocycles. The van der Waals surface area contributed by atoms with Crippen LogP contribution in [0.25, 0.3) is 0 Å². The van der Waals surface area contributed by atoms with Gasteiger partial charge in [0.15, 0.2) is 6.61 Å². The molecule has 0 aromatic carbocycles. The van der Waals surface area contributed by atoms with E-state index >= 15 is 0 Å². The Kier molecular flexibility index (Phi) is 6.30. The van der Waals surface area contributed by atoms with Crippen LogP contribution in [-0.4, -0.2) is 47.1 Å². The van der Waals surface area contributed by atoms with Gasteiger partial charge in [-0.3, -0.25) is 9.59 Å². The van der Waals surface area contributed by atoms with Crippen molar-refractivity contribution in [3.63, 3.8) is 0 Å². The summed E-state index contributed by atoms with van der Waals surface area (Å²) in [7, 11) is 0. The van der Waals surface area contributed by atoms with Crippen LogP contribution in [0.15, 0.2) is 22.8 Å². The topological polar surface area (TPSA) is 88.8 Å². The maximum atomic E-state index is 12.3. The van der Waals surface area contributed by atoms with Crippen molar-refractivity contribution >= 4 is 29.5 Å². The quantitative estimate of drug-likeness (QED) is 0.782. The molecule has 1 fully saturated rings. The van der Waals surface area contributed by atoms with Crippen molar-refractivity contribution < 1.29 is 23.5 Å². The predicted octanol–water partition coefficient (Wildman–Crippen LogP) is 1.70. The number of nitrogens with zero attached hydrogens (tertiary/aromatic N) is 1. The second-order valence-corrected chi connectivity index (χ2v) is 6.74. The Morgan fingerprint density at radius 1 is 1.50 bits per heavy atom. The summed E-state index contributed by atoms with van der Waals surface area (Å²) in [6, 6.07) is 2.80. The number of nitrogens with one attached hydrogen (secondary N) is 1. The molecule has 0 bridgehead atoms. The molecule has 1 N–H and O–H groups in total. The van der Waals surface area contributed by atoms with E-state index in [1.54, 1.807) is 12.1 Å². The summed E-state index contributed by atoms with van der Waals surface area (Å²) in [5, 5.41) is 2.37. The first-order chi connectivity index (χ1) is 11.4. The fourth-order valence-corrected chi connectivity index (χ4v) is 3.79. The van der Waals surface area contributed by atoms with Crippen LogP contribution < -0.4 is 5.32 Å². The van der Waals surface area contributed by atoms with E-state index in [1.807, 2.05) is 13.8 Å². The zero-order valence-corrected chi connectivity index (χ0v) is 14.8. The lowest BCUT2D eigenvalue weighted by Crippen LogP contribution is -2.44. The van der Waals surface area contributed by atoms with Crippen LogP contribution in [0.4, 0.5) is 0 Å². The fourth-order valence-electron chi connectivity index (χ4n) is 2.37. The van der Waals surface area contributed by atoms with E-state index in [2.05, 4.69) is 5.32 Å². The second-order valence-electron chi connectivity index (χ2n) is 5.63. The monoisotopic (exact) mass is 354 g/mol. The van der Waals surface area contributed by atoms with Crippen molar-refractivity contribution in [2.24, 2.45) is 0 Å². The molecular weight excluding hydrogens is 332 g/mol. The Hall–Kier alpha value is -1.96. The molecule has 1 saturated heterocycles. The Labute approximate surface area is 145 Å². The molecule has 0 radical (unpaired) electrons. The number of carbonyl (C=O) groups is 3. The van der Waals surface area contributed by atoms with E-state index in [9.17, 15) is 14.4 Å². The van der Waals surface area contributed by atoms with Gasteiger partial charge in [-0.2, -0.15) is 0 Å². The third kappa shape index (κ3) is 4.31. The molecule has 0 unspecified atom stereocenters. The zero-order chi connectivity index (χ0) is 17.7. The van der Waals surface area contributed by atoms with Crippen LogP contribution in [-0.2, 0) is 19.1 Å². The van der Waals surface area contributed by atoms with Gasteiger partial charge in [0.05, 0.1) is 6.26 Å². The average molecular weight is 354 g/mol. The van der Waals surface area contributed by atoms with E-state index in [0.717, 1.165) is 6.42 Å². The number of amides is 2. The maximum Gasteiger partial charge on any atom is 0.330 e. The lowest BCUT2D eigenvalue weighted by atomic mass is 10.2. The van der Waals surface area contributed by atoms with Gasteiger partial charge in [0.2, 0.25) is 5.91 Å². The maximum absolute atomic E-state index is 12.3. The number of thioether (sulfide) groups is 1. The van der Waals surface area contributed by atoms with Crippen molar-refractivity contribution in [3.05, 3.63) is 24.2 Å². The summed E-state index contributed by atoms with van der Waals surface area (Å²) >= 11 is 1.43. The third-order valence-electron chi connectivity index (χ3n) is 3.79. The number of rotatable bonds is 6. The molecule has 0 spiro atoms. The highest BCUT2D eigenvalue weighted by Gasteiger charge is 2.43. The largest absolute Gasteiger partial charge is 0.466 e. The molecule has 24 heavy (non-hydrogen) atoms. The highest BCUT2D eigenvalue weighted by molar-refractivity contribution is 7.99. The van der Waals surface area contributed by atoms with E-state index in [0.29, 0.717) is 11.5 Å². The molecule has 0 saturated carbocycles. The smallest absolute Gasteiger partial charge is 0.330 e. The Balaban J connectivity index is 1.96. The molecule has 2 rings (SSSR count). The molecule has 1 aromatic rings. The van der Waals surface area contributed by atoms with Gasteiger partial charge in [-0.25, -0.2) is 4.79 Å². The average Bonchev–Trinajstić information content (AvgIpc) is 3.20. The lowest BCUT2D eigenvalue weighted by molar-refractivity contribution is -0.156. The van der Waals surface area contributed by atoms with Crippen LogP contribution in [0.1, 0.15) is 38.3 Å². The summed E-state index contributed by atoms with van der Waals surface area (Å²) in [5.74, 6) is -0.157. The van der Waals surface area contributed by atoms with Crippen LogP contribution in [0.3, 0.4) is 0 Å². The van der Waals surface area contributed by atoms with Crippen LogP contribution in [0, 0.1) is 0 Å². The van der Waals surface area contributed by atoms with Gasteiger partial charge in [0.1, 0.15) is 17.2 Å². The minimum Gasteiger partial charge on any atom is -0.466 e. The van der Waals surface area contributed by atoms with Crippen molar-refractivity contribution in [2.45, 2.75) is 44.6 Å². The fraction of sp³-hybridized carbons (Fsp3) is 0.562. The van der Waals surface area contributed by atoms with Gasteiger partial charge in [-0.15, -0.1) is 11.8 Å². The summed E-state index contributed by atoms with van der Waals surface area (Å²) in [4.78, 5) is 37.4. The zero-order valence-electron chi connectivity index (χ0n) is 14.0. The number of esters is 1. The first-order valence-electron chi connectivity index (χ1n) is 7.84. The molecule has 0 aliphatic carbocycles. The minimum atomic E-state index is -0.723. The second kappa shape index (κ2) is 8.23. The van der Waals surface area contributed by atoms with Crippen molar-refractivity contribution in [3.8, 4) is 0 Å². The van der Waals surface area contributed by atoms with Crippen LogP contribution >= 0.6 is 11.8 Å². The SMILES string of the molecule is CC[C@H](C)NC(=O)COC(=O)[C@H]1CS[C@H](c2ccco2)N1C(C)=O. The molecule has 1 aliphatic rings. The van der Waals surface area contributed by atoms with E-state index in [-0.39, 0.29) is 29.8 Å². The molecular formula is C16H22N2O5S. The van der Waals surface area contributed by atoms with Gasteiger partial charge < -0.3 is 19.4 Å². The standard InChI is InChI=1S/C16H22N2O5S/c1-4-10(2)17-14(20)8-23-16(21)12-9-24-15(18(12)11(3)19)13-6-5-7-22-13/h5-7,10,12,15H,4,8-9H2,1-3H3,(H,17,20)/t10-,12+,15+/m0/s1. The molecule has 7 nitrogen and oxygen atoms in total. The van der Waals surface area contributed by atoms with Gasteiger partial charge >= 0.3 is 5.97 Å². The molecule has 132 valence electrons. The first-order valence-corrected chi connectivity index (χ1v) is 8.88. The summed E-state index contributed by atoms with van der Waals surface area (Å²) in [6.07, 6.45) is 2.32. The molecule has 2 amide bonds. The summed E-state index contributed by atoms with van der Waals surface area (Å²) < 4.78 is 10.4. The predicted molar refractivity (Wildman–Crippen MR) is 89.1 cm³/mol. The third-order valence-corrected chi connectivity index (χ3v) is 5.07. The number of carbonyl (C=O) groups excluding carboxylic acids is 3. The van der Waals surface area contributed by atoms with Crippen LogP contribution in [0.5, 0.6) is 0 Å². The van der Waals surface area contributed by atoms with Crippen molar-refractivity contribution in [1.82, 2.24) is 10.2 Å². The number of hydrogen-bond acceptors (Lipinski definition) is 6. The van der Waals surface area contributed by atoms with Gasteiger partial charge in [-0.05, 0) is 25.5 Å². The Morgan fingerprint density at radius 3 is 2.83 bits per heavy atom. The van der Waals surface area contributed by atoms with Crippen molar-refractivity contribution in [1.29, 1.82) is 0 Å². The molecule has 3 atom stereocenters. The van der Waals surface area contributed by atoms with E-state index < -0.39 is 12.0 Å². The normalized spacial score (nSPS) is 21.4. The molecule has 8 heteroatoms. The Morgan fingerprint density at radius 2 is 2.25 bits per heavy atom. The van der Waals surface area contributed by atoms with Gasteiger partial charge in [0.25, 0.3) is 5.91 Å². The van der Waals surface area contributed by atoms with Gasteiger partial charge in [0, 0.05) is 18.7 Å².